The number of halogens is 1. The van der Waals surface area contributed by atoms with E-state index in [0.29, 0.717) is 22.7 Å². The Morgan fingerprint density at radius 1 is 0.938 bits per heavy atom. The summed E-state index contributed by atoms with van der Waals surface area (Å²) in [5.74, 6) is -3.97. The molecule has 0 saturated carbocycles. The number of aliphatic carboxylic acids is 2. The number of anilines is 2. The van der Waals surface area contributed by atoms with E-state index in [1.54, 1.807) is 62.4 Å². The van der Waals surface area contributed by atoms with Crippen LogP contribution in [0.3, 0.4) is 0 Å². The molecule has 0 aliphatic heterocycles. The fraction of sp³-hybridized carbons (Fsp3) is 0.238. The molecule has 0 heterocycles. The lowest BCUT2D eigenvalue weighted by atomic mass is 10.2. The summed E-state index contributed by atoms with van der Waals surface area (Å²) in [4.78, 5) is 43.9. The number of likely N-dealkylation sites (N-methyl/N-ethyl adjacent to an activating group) is 1. The van der Waals surface area contributed by atoms with Gasteiger partial charge in [0.15, 0.2) is 0 Å². The zero-order valence-corrected chi connectivity index (χ0v) is 17.7. The molecule has 10 nitrogen and oxygen atoms in total. The number of carboxylic acid groups (broad SMARTS) is 2. The van der Waals surface area contributed by atoms with E-state index >= 15 is 0 Å². The molecule has 0 atom stereocenters. The van der Waals surface area contributed by atoms with E-state index in [2.05, 4.69) is 10.6 Å². The SMILES string of the molecule is COc1cccc(NC(=O)CN(C)CC(=O)Nc2ccc(C)c(F)c2)c1.O=C(O)C(=O)O. The molecule has 4 N–H and O–H groups in total. The van der Waals surface area contributed by atoms with Crippen molar-refractivity contribution in [2.24, 2.45) is 0 Å². The zero-order chi connectivity index (χ0) is 24.3. The van der Waals surface area contributed by atoms with Gasteiger partial charge in [0, 0.05) is 17.4 Å². The van der Waals surface area contributed by atoms with Crippen LogP contribution in [-0.4, -0.2) is 66.1 Å². The minimum absolute atomic E-state index is 0.00102. The monoisotopic (exact) mass is 449 g/mol. The summed E-state index contributed by atoms with van der Waals surface area (Å²) in [5.41, 5.74) is 1.50. The maximum absolute atomic E-state index is 13.5. The van der Waals surface area contributed by atoms with Gasteiger partial charge in [0.25, 0.3) is 0 Å². The van der Waals surface area contributed by atoms with Gasteiger partial charge in [-0.15, -0.1) is 0 Å². The van der Waals surface area contributed by atoms with E-state index < -0.39 is 11.9 Å². The number of nitrogens with zero attached hydrogens (tertiary/aromatic N) is 1. The minimum atomic E-state index is -1.82. The molecule has 0 aromatic heterocycles. The van der Waals surface area contributed by atoms with Crippen LogP contribution in [0, 0.1) is 12.7 Å². The Bertz CT molecular complexity index is 970. The van der Waals surface area contributed by atoms with Crippen LogP contribution in [0.25, 0.3) is 0 Å². The van der Waals surface area contributed by atoms with Crippen molar-refractivity contribution in [1.29, 1.82) is 0 Å². The molecule has 32 heavy (non-hydrogen) atoms. The standard InChI is InChI=1S/C19H22FN3O3.C2H2O4/c1-13-7-8-15(10-17(13)20)22-19(25)12-23(2)11-18(24)21-14-5-4-6-16(9-14)26-3;3-1(4)2(5)6/h4-10H,11-12H2,1-3H3,(H,21,24)(H,22,25);(H,3,4)(H,5,6). The molecule has 11 heteroatoms. The van der Waals surface area contributed by atoms with Crippen LogP contribution in [0.4, 0.5) is 15.8 Å². The summed E-state index contributed by atoms with van der Waals surface area (Å²) in [6.07, 6.45) is 0. The highest BCUT2D eigenvalue weighted by molar-refractivity contribution is 6.27. The predicted octanol–water partition coefficient (Wildman–Crippen LogP) is 1.81. The second-order valence-electron chi connectivity index (χ2n) is 6.57. The largest absolute Gasteiger partial charge is 0.497 e. The summed E-state index contributed by atoms with van der Waals surface area (Å²) in [6, 6.07) is 11.5. The highest BCUT2D eigenvalue weighted by Gasteiger charge is 2.12. The zero-order valence-electron chi connectivity index (χ0n) is 17.7. The number of ether oxygens (including phenoxy) is 1. The van der Waals surface area contributed by atoms with Gasteiger partial charge in [-0.1, -0.05) is 12.1 Å². The van der Waals surface area contributed by atoms with Crippen molar-refractivity contribution in [3.8, 4) is 5.75 Å². The molecular weight excluding hydrogens is 425 g/mol. The molecule has 2 amide bonds. The molecule has 0 aliphatic carbocycles. The van der Waals surface area contributed by atoms with E-state index in [4.69, 9.17) is 24.5 Å². The van der Waals surface area contributed by atoms with Crippen molar-refractivity contribution in [3.05, 3.63) is 53.8 Å². The van der Waals surface area contributed by atoms with Gasteiger partial charge in [-0.25, -0.2) is 14.0 Å². The third-order valence-corrected chi connectivity index (χ3v) is 3.82. The minimum Gasteiger partial charge on any atom is -0.497 e. The number of carbonyl (C=O) groups excluding carboxylic acids is 2. The molecule has 0 radical (unpaired) electrons. The molecule has 2 aromatic rings. The van der Waals surface area contributed by atoms with E-state index in [1.807, 2.05) is 0 Å². The van der Waals surface area contributed by atoms with Crippen molar-refractivity contribution in [3.63, 3.8) is 0 Å². The van der Waals surface area contributed by atoms with Crippen LogP contribution in [0.2, 0.25) is 0 Å². The number of carbonyl (C=O) groups is 4. The number of hydrogen-bond donors (Lipinski definition) is 4. The quantitative estimate of drug-likeness (QED) is 0.468. The smallest absolute Gasteiger partial charge is 0.414 e. The molecular formula is C21H24FN3O7. The first-order valence-electron chi connectivity index (χ1n) is 9.16. The van der Waals surface area contributed by atoms with Crippen molar-refractivity contribution >= 4 is 35.1 Å². The van der Waals surface area contributed by atoms with Crippen LogP contribution < -0.4 is 15.4 Å². The first-order valence-corrected chi connectivity index (χ1v) is 9.16. The van der Waals surface area contributed by atoms with Gasteiger partial charge < -0.3 is 25.6 Å². The van der Waals surface area contributed by atoms with Gasteiger partial charge in [-0.05, 0) is 43.8 Å². The van der Waals surface area contributed by atoms with Crippen molar-refractivity contribution in [1.82, 2.24) is 4.90 Å². The Morgan fingerprint density at radius 2 is 1.47 bits per heavy atom. The number of rotatable bonds is 7. The molecule has 0 unspecified atom stereocenters. The van der Waals surface area contributed by atoms with Gasteiger partial charge in [-0.2, -0.15) is 0 Å². The Labute approximate surface area is 183 Å². The number of benzene rings is 2. The lowest BCUT2D eigenvalue weighted by molar-refractivity contribution is -0.159. The lowest BCUT2D eigenvalue weighted by Gasteiger charge is -2.16. The van der Waals surface area contributed by atoms with E-state index in [1.165, 1.54) is 6.07 Å². The predicted molar refractivity (Wildman–Crippen MR) is 114 cm³/mol. The average molecular weight is 449 g/mol. The van der Waals surface area contributed by atoms with Gasteiger partial charge in [0.2, 0.25) is 11.8 Å². The highest BCUT2D eigenvalue weighted by Crippen LogP contribution is 2.16. The summed E-state index contributed by atoms with van der Waals surface area (Å²) < 4.78 is 18.6. The normalized spacial score (nSPS) is 9.91. The second-order valence-corrected chi connectivity index (χ2v) is 6.57. The Morgan fingerprint density at radius 3 is 1.94 bits per heavy atom. The lowest BCUT2D eigenvalue weighted by Crippen LogP contribution is -2.36. The van der Waals surface area contributed by atoms with E-state index in [9.17, 15) is 14.0 Å². The number of hydrogen-bond acceptors (Lipinski definition) is 6. The average Bonchev–Trinajstić information content (AvgIpc) is 2.70. The van der Waals surface area contributed by atoms with E-state index in [-0.39, 0.29) is 30.7 Å². The third-order valence-electron chi connectivity index (χ3n) is 3.82. The summed E-state index contributed by atoms with van der Waals surface area (Å²) >= 11 is 0. The van der Waals surface area contributed by atoms with Gasteiger partial charge in [0.1, 0.15) is 11.6 Å². The second kappa shape index (κ2) is 12.6. The van der Waals surface area contributed by atoms with Gasteiger partial charge in [0.05, 0.1) is 20.2 Å². The molecule has 0 bridgehead atoms. The van der Waals surface area contributed by atoms with Gasteiger partial charge in [-0.3, -0.25) is 14.5 Å². The first kappa shape index (κ1) is 26.0. The molecule has 2 rings (SSSR count). The molecule has 0 spiro atoms. The first-order chi connectivity index (χ1) is 15.0. The molecule has 172 valence electrons. The Kier molecular flexibility index (Phi) is 10.3. The Hall–Kier alpha value is -3.99. The summed E-state index contributed by atoms with van der Waals surface area (Å²) in [5, 5.41) is 20.1. The molecule has 0 aliphatic rings. The number of methoxy groups -OCH3 is 1. The molecule has 0 fully saturated rings. The van der Waals surface area contributed by atoms with Crippen molar-refractivity contribution < 1.29 is 38.5 Å². The summed E-state index contributed by atoms with van der Waals surface area (Å²) in [6.45, 7) is 1.68. The van der Waals surface area contributed by atoms with Crippen LogP contribution >= 0.6 is 0 Å². The fourth-order valence-corrected chi connectivity index (χ4v) is 2.32. The van der Waals surface area contributed by atoms with Crippen LogP contribution in [0.5, 0.6) is 5.75 Å². The van der Waals surface area contributed by atoms with Gasteiger partial charge >= 0.3 is 11.9 Å². The van der Waals surface area contributed by atoms with Crippen LogP contribution in [0.1, 0.15) is 5.56 Å². The maximum Gasteiger partial charge on any atom is 0.414 e. The van der Waals surface area contributed by atoms with Crippen LogP contribution in [0.15, 0.2) is 42.5 Å². The fourth-order valence-electron chi connectivity index (χ4n) is 2.32. The maximum atomic E-state index is 13.5. The molecule has 2 aromatic carbocycles. The van der Waals surface area contributed by atoms with Crippen LogP contribution in [-0.2, 0) is 19.2 Å². The highest BCUT2D eigenvalue weighted by atomic mass is 19.1. The summed E-state index contributed by atoms with van der Waals surface area (Å²) in [7, 11) is 3.20. The van der Waals surface area contributed by atoms with E-state index in [0.717, 1.165) is 0 Å². The Balaban J connectivity index is 0.000000751. The number of carboxylic acids is 2. The number of nitrogens with one attached hydrogen (secondary N) is 2. The third kappa shape index (κ3) is 9.67. The number of amides is 2. The topological polar surface area (TPSA) is 145 Å². The van der Waals surface area contributed by atoms with Crippen molar-refractivity contribution in [2.45, 2.75) is 6.92 Å². The molecule has 0 saturated heterocycles. The van der Waals surface area contributed by atoms with Crippen molar-refractivity contribution in [2.75, 3.05) is 37.9 Å². The number of aryl methyl sites for hydroxylation is 1.